The second kappa shape index (κ2) is 8.63. The van der Waals surface area contributed by atoms with Crippen LogP contribution in [0.15, 0.2) is 60.7 Å². The van der Waals surface area contributed by atoms with E-state index in [4.69, 9.17) is 4.74 Å². The van der Waals surface area contributed by atoms with Crippen molar-refractivity contribution < 1.29 is 19.4 Å². The summed E-state index contributed by atoms with van der Waals surface area (Å²) in [5.74, 6) is -1.10. The number of rotatable bonds is 7. The van der Waals surface area contributed by atoms with Crippen molar-refractivity contribution in [1.82, 2.24) is 4.90 Å². The van der Waals surface area contributed by atoms with Gasteiger partial charge in [-0.15, -0.1) is 0 Å². The number of ether oxygens (including phenoxy) is 1. The Kier molecular flexibility index (Phi) is 6.02. The van der Waals surface area contributed by atoms with Gasteiger partial charge in [-0.05, 0) is 17.5 Å². The van der Waals surface area contributed by atoms with Gasteiger partial charge in [0.2, 0.25) is 5.91 Å². The van der Waals surface area contributed by atoms with Crippen molar-refractivity contribution in [3.05, 3.63) is 71.8 Å². The summed E-state index contributed by atoms with van der Waals surface area (Å²) < 4.78 is 5.86. The molecule has 0 aliphatic carbocycles. The number of amides is 1. The Bertz CT molecular complexity index is 732. The van der Waals surface area contributed by atoms with E-state index in [1.165, 1.54) is 4.90 Å². The lowest BCUT2D eigenvalue weighted by Crippen LogP contribution is -2.40. The third-order valence-corrected chi connectivity index (χ3v) is 4.67. The predicted octanol–water partition coefficient (Wildman–Crippen LogP) is 2.89. The molecule has 1 N–H and O–H groups in total. The first-order chi connectivity index (χ1) is 12.6. The Labute approximate surface area is 153 Å². The van der Waals surface area contributed by atoms with E-state index < -0.39 is 12.0 Å². The molecule has 3 rings (SSSR count). The summed E-state index contributed by atoms with van der Waals surface area (Å²) in [6, 6.07) is 18.7. The molecule has 0 saturated carbocycles. The van der Waals surface area contributed by atoms with Gasteiger partial charge < -0.3 is 14.7 Å². The molecule has 1 aliphatic heterocycles. The highest BCUT2D eigenvalue weighted by atomic mass is 16.5. The Morgan fingerprint density at radius 3 is 2.23 bits per heavy atom. The smallest absolute Gasteiger partial charge is 0.326 e. The molecule has 5 heteroatoms. The van der Waals surface area contributed by atoms with Crippen molar-refractivity contribution in [2.75, 3.05) is 6.54 Å². The van der Waals surface area contributed by atoms with Crippen molar-refractivity contribution in [1.29, 1.82) is 0 Å². The fourth-order valence-corrected chi connectivity index (χ4v) is 3.26. The molecule has 1 amide bonds. The quantitative estimate of drug-likeness (QED) is 0.831. The van der Waals surface area contributed by atoms with Gasteiger partial charge in [-0.2, -0.15) is 0 Å². The Morgan fingerprint density at radius 1 is 1.00 bits per heavy atom. The van der Waals surface area contributed by atoms with E-state index in [9.17, 15) is 14.7 Å². The minimum absolute atomic E-state index is 0.132. The highest BCUT2D eigenvalue weighted by Crippen LogP contribution is 2.23. The number of hydrogen-bond acceptors (Lipinski definition) is 3. The van der Waals surface area contributed by atoms with Crippen molar-refractivity contribution >= 4 is 11.9 Å². The summed E-state index contributed by atoms with van der Waals surface area (Å²) >= 11 is 0. The molecule has 0 bridgehead atoms. The zero-order valence-corrected chi connectivity index (χ0v) is 14.6. The van der Waals surface area contributed by atoms with Gasteiger partial charge in [-0.3, -0.25) is 4.79 Å². The summed E-state index contributed by atoms with van der Waals surface area (Å²) in [4.78, 5) is 25.6. The molecule has 1 aliphatic rings. The van der Waals surface area contributed by atoms with Gasteiger partial charge in [0.15, 0.2) is 0 Å². The normalized spacial score (nSPS) is 19.5. The number of aliphatic carboxylic acids is 1. The van der Waals surface area contributed by atoms with Crippen LogP contribution in [-0.2, 0) is 27.4 Å². The molecular weight excluding hydrogens is 330 g/mol. The van der Waals surface area contributed by atoms with Gasteiger partial charge in [0, 0.05) is 19.4 Å². The number of benzene rings is 2. The van der Waals surface area contributed by atoms with E-state index >= 15 is 0 Å². The molecule has 0 spiro atoms. The van der Waals surface area contributed by atoms with Crippen LogP contribution in [0.3, 0.4) is 0 Å². The van der Waals surface area contributed by atoms with E-state index in [0.717, 1.165) is 11.1 Å². The minimum atomic E-state index is -0.969. The second-order valence-electron chi connectivity index (χ2n) is 6.54. The van der Waals surface area contributed by atoms with Crippen LogP contribution in [0, 0.1) is 0 Å². The average molecular weight is 353 g/mol. The van der Waals surface area contributed by atoms with Crippen LogP contribution < -0.4 is 0 Å². The van der Waals surface area contributed by atoms with E-state index in [-0.39, 0.29) is 12.0 Å². The van der Waals surface area contributed by atoms with Crippen LogP contribution >= 0.6 is 0 Å². The zero-order valence-electron chi connectivity index (χ0n) is 14.6. The molecule has 0 radical (unpaired) electrons. The molecule has 1 heterocycles. The lowest BCUT2D eigenvalue weighted by Gasteiger charge is -2.21. The standard InChI is InChI=1S/C21H23NO4/c23-20(12-11-16-7-3-1-4-8-16)22-14-18(13-19(22)21(24)25)26-15-17-9-5-2-6-10-17/h1-10,18-19H,11-15H2,(H,24,25)/t18-,19?/m1/s1. The fraction of sp³-hybridized carbons (Fsp3) is 0.333. The summed E-state index contributed by atoms with van der Waals surface area (Å²) in [5.41, 5.74) is 2.11. The second-order valence-corrected chi connectivity index (χ2v) is 6.54. The molecule has 1 saturated heterocycles. The maximum atomic E-state index is 12.6. The Balaban J connectivity index is 1.56. The first-order valence-corrected chi connectivity index (χ1v) is 8.85. The summed E-state index contributed by atoms with van der Waals surface area (Å²) in [7, 11) is 0. The first kappa shape index (κ1) is 18.1. The summed E-state index contributed by atoms with van der Waals surface area (Å²) in [5, 5.41) is 9.47. The van der Waals surface area contributed by atoms with Crippen LogP contribution in [0.4, 0.5) is 0 Å². The van der Waals surface area contributed by atoms with Gasteiger partial charge >= 0.3 is 5.97 Å². The van der Waals surface area contributed by atoms with E-state index in [1.54, 1.807) is 0 Å². The maximum absolute atomic E-state index is 12.6. The number of likely N-dealkylation sites (tertiary alicyclic amines) is 1. The zero-order chi connectivity index (χ0) is 18.4. The van der Waals surface area contributed by atoms with Crippen molar-refractivity contribution in [3.8, 4) is 0 Å². The molecular formula is C21H23NO4. The fourth-order valence-electron chi connectivity index (χ4n) is 3.26. The topological polar surface area (TPSA) is 66.8 Å². The number of nitrogens with zero attached hydrogens (tertiary/aromatic N) is 1. The lowest BCUT2D eigenvalue weighted by molar-refractivity contribution is -0.148. The third kappa shape index (κ3) is 4.70. The maximum Gasteiger partial charge on any atom is 0.326 e. The summed E-state index contributed by atoms with van der Waals surface area (Å²) in [6.07, 6.45) is 0.994. The number of carbonyl (C=O) groups excluding carboxylic acids is 1. The van der Waals surface area contributed by atoms with Gasteiger partial charge in [0.05, 0.1) is 12.7 Å². The Morgan fingerprint density at radius 2 is 1.62 bits per heavy atom. The van der Waals surface area contributed by atoms with Crippen LogP contribution in [-0.4, -0.2) is 40.6 Å². The van der Waals surface area contributed by atoms with Crippen molar-refractivity contribution in [3.63, 3.8) is 0 Å². The third-order valence-electron chi connectivity index (χ3n) is 4.67. The molecule has 5 nitrogen and oxygen atoms in total. The monoisotopic (exact) mass is 353 g/mol. The van der Waals surface area contributed by atoms with E-state index in [0.29, 0.717) is 32.4 Å². The number of carboxylic acid groups (broad SMARTS) is 1. The van der Waals surface area contributed by atoms with E-state index in [1.807, 2.05) is 60.7 Å². The number of carboxylic acids is 1. The van der Waals surface area contributed by atoms with Gasteiger partial charge in [0.1, 0.15) is 6.04 Å². The van der Waals surface area contributed by atoms with Crippen LogP contribution in [0.25, 0.3) is 0 Å². The van der Waals surface area contributed by atoms with E-state index in [2.05, 4.69) is 0 Å². The van der Waals surface area contributed by atoms with Gasteiger partial charge in [-0.1, -0.05) is 60.7 Å². The summed E-state index contributed by atoms with van der Waals surface area (Å²) in [6.45, 7) is 0.751. The predicted molar refractivity (Wildman–Crippen MR) is 97.5 cm³/mol. The molecule has 136 valence electrons. The molecule has 0 aromatic heterocycles. The Hall–Kier alpha value is -2.66. The van der Waals surface area contributed by atoms with Crippen LogP contribution in [0.5, 0.6) is 0 Å². The molecule has 2 aromatic rings. The highest BCUT2D eigenvalue weighted by molar-refractivity contribution is 5.84. The van der Waals surface area contributed by atoms with Crippen LogP contribution in [0.1, 0.15) is 24.0 Å². The van der Waals surface area contributed by atoms with Crippen molar-refractivity contribution in [2.24, 2.45) is 0 Å². The molecule has 1 fully saturated rings. The largest absolute Gasteiger partial charge is 0.480 e. The molecule has 2 atom stereocenters. The number of aryl methyl sites for hydroxylation is 1. The number of carbonyl (C=O) groups is 2. The van der Waals surface area contributed by atoms with Crippen LogP contribution in [0.2, 0.25) is 0 Å². The SMILES string of the molecule is O=C(O)C1C[C@@H](OCc2ccccc2)CN1C(=O)CCc1ccccc1. The van der Waals surface area contributed by atoms with Gasteiger partial charge in [0.25, 0.3) is 0 Å². The minimum Gasteiger partial charge on any atom is -0.480 e. The lowest BCUT2D eigenvalue weighted by atomic mass is 10.1. The van der Waals surface area contributed by atoms with Gasteiger partial charge in [-0.25, -0.2) is 4.79 Å². The average Bonchev–Trinajstić information content (AvgIpc) is 3.11. The van der Waals surface area contributed by atoms with Crippen molar-refractivity contribution in [2.45, 2.75) is 38.0 Å². The first-order valence-electron chi connectivity index (χ1n) is 8.85. The number of hydrogen-bond donors (Lipinski definition) is 1. The molecule has 26 heavy (non-hydrogen) atoms. The highest BCUT2D eigenvalue weighted by Gasteiger charge is 2.39. The molecule has 2 aromatic carbocycles. The molecule has 1 unspecified atom stereocenters.